The molecule has 0 saturated carbocycles. The van der Waals surface area contributed by atoms with Gasteiger partial charge in [0.25, 0.3) is 0 Å². The fourth-order valence-electron chi connectivity index (χ4n) is 2.19. The van der Waals surface area contributed by atoms with Crippen molar-refractivity contribution in [3.8, 4) is 0 Å². The predicted molar refractivity (Wildman–Crippen MR) is 95.7 cm³/mol. The number of unbranched alkanes of at least 4 members (excludes halogenated alkanes) is 6. The zero-order chi connectivity index (χ0) is 17.9. The molecule has 0 aromatic carbocycles. The minimum Gasteiger partial charge on any atom is -0.302 e. The first-order chi connectivity index (χ1) is 10.6. The van der Waals surface area contributed by atoms with Gasteiger partial charge in [-0.25, -0.2) is 0 Å². The van der Waals surface area contributed by atoms with E-state index in [4.69, 9.17) is 9.05 Å². The van der Waals surface area contributed by atoms with E-state index in [9.17, 15) is 13.3 Å². The van der Waals surface area contributed by atoms with Gasteiger partial charge in [0.1, 0.15) is 0 Å². The largest absolute Gasteiger partial charge is 0.400 e. The highest BCUT2D eigenvalue weighted by Gasteiger charge is 2.53. The van der Waals surface area contributed by atoms with E-state index in [2.05, 4.69) is 15.9 Å². The average molecular weight is 421 g/mol. The molecule has 3 nitrogen and oxygen atoms in total. The molecular formula is C16H32BrF2O3P. The van der Waals surface area contributed by atoms with Crippen LogP contribution in [0.3, 0.4) is 0 Å². The molecule has 0 aliphatic carbocycles. The van der Waals surface area contributed by atoms with Crippen molar-refractivity contribution in [3.63, 3.8) is 0 Å². The summed E-state index contributed by atoms with van der Waals surface area (Å²) >= 11 is 3.38. The monoisotopic (exact) mass is 420 g/mol. The van der Waals surface area contributed by atoms with Gasteiger partial charge in [0.15, 0.2) is 0 Å². The second kappa shape index (κ2) is 11.9. The lowest BCUT2D eigenvalue weighted by Crippen LogP contribution is -2.24. The first kappa shape index (κ1) is 23.5. The minimum absolute atomic E-state index is 0.332. The summed E-state index contributed by atoms with van der Waals surface area (Å²) < 4.78 is 51.2. The zero-order valence-corrected chi connectivity index (χ0v) is 17.3. The molecule has 0 aromatic heterocycles. The Balaban J connectivity index is 4.31. The predicted octanol–water partition coefficient (Wildman–Crippen LogP) is 7.14. The molecule has 0 heterocycles. The van der Waals surface area contributed by atoms with Crippen molar-refractivity contribution in [2.24, 2.45) is 0 Å². The molecule has 0 N–H and O–H groups in total. The van der Waals surface area contributed by atoms with Crippen LogP contribution in [0.4, 0.5) is 8.78 Å². The van der Waals surface area contributed by atoms with Crippen LogP contribution in [0.2, 0.25) is 0 Å². The number of alkyl halides is 3. The smallest absolute Gasteiger partial charge is 0.302 e. The van der Waals surface area contributed by atoms with Crippen LogP contribution in [0.5, 0.6) is 0 Å². The molecule has 0 aromatic rings. The normalized spacial score (nSPS) is 13.3. The summed E-state index contributed by atoms with van der Waals surface area (Å²) in [7, 11) is -4.44. The van der Waals surface area contributed by atoms with Gasteiger partial charge in [0.2, 0.25) is 0 Å². The maximum Gasteiger partial charge on any atom is 0.400 e. The van der Waals surface area contributed by atoms with Crippen LogP contribution in [0.1, 0.15) is 79.1 Å². The van der Waals surface area contributed by atoms with E-state index in [1.807, 2.05) is 0 Å². The Morgan fingerprint density at radius 3 is 1.65 bits per heavy atom. The van der Waals surface area contributed by atoms with Crippen LogP contribution in [-0.2, 0) is 13.6 Å². The van der Waals surface area contributed by atoms with Crippen LogP contribution in [0.15, 0.2) is 0 Å². The maximum absolute atomic E-state index is 14.4. The molecular weight excluding hydrogens is 389 g/mol. The standard InChI is InChI=1S/C16H32BrF2O3P/c1-14(2)21-23(20,22-15(3)4)16(18,19)12-10-8-6-5-7-9-11-13-17/h14-15H,5-13H2,1-4H3. The summed E-state index contributed by atoms with van der Waals surface area (Å²) in [6, 6.07) is 0. The fourth-order valence-corrected chi connectivity index (χ4v) is 4.48. The van der Waals surface area contributed by atoms with Crippen molar-refractivity contribution >= 4 is 23.5 Å². The van der Waals surface area contributed by atoms with Crippen molar-refractivity contribution in [1.82, 2.24) is 0 Å². The highest BCUT2D eigenvalue weighted by Crippen LogP contribution is 2.65. The molecule has 0 radical (unpaired) electrons. The van der Waals surface area contributed by atoms with Gasteiger partial charge < -0.3 is 9.05 Å². The number of hydrogen-bond acceptors (Lipinski definition) is 3. The van der Waals surface area contributed by atoms with Gasteiger partial charge in [-0.2, -0.15) is 8.78 Å². The third-order valence-corrected chi connectivity index (χ3v) is 6.20. The van der Waals surface area contributed by atoms with E-state index < -0.39 is 31.9 Å². The summed E-state index contributed by atoms with van der Waals surface area (Å²) in [6.07, 6.45) is 4.89. The van der Waals surface area contributed by atoms with E-state index in [1.165, 1.54) is 6.42 Å². The highest BCUT2D eigenvalue weighted by molar-refractivity contribution is 9.09. The highest BCUT2D eigenvalue weighted by atomic mass is 79.9. The first-order valence-corrected chi connectivity index (χ1v) is 11.2. The molecule has 0 fully saturated rings. The molecule has 0 amide bonds. The minimum atomic E-state index is -4.44. The Hall–Kier alpha value is 0.490. The van der Waals surface area contributed by atoms with E-state index in [0.29, 0.717) is 12.8 Å². The maximum atomic E-state index is 14.4. The SMILES string of the molecule is CC(C)OP(=O)(OC(C)C)C(F)(F)CCCCCCCCCBr. The molecule has 0 bridgehead atoms. The second-order valence-electron chi connectivity index (χ2n) is 6.39. The van der Waals surface area contributed by atoms with E-state index >= 15 is 0 Å². The Morgan fingerprint density at radius 2 is 1.26 bits per heavy atom. The van der Waals surface area contributed by atoms with Crippen molar-refractivity contribution in [2.75, 3.05) is 5.33 Å². The third kappa shape index (κ3) is 10.2. The number of rotatable bonds is 14. The van der Waals surface area contributed by atoms with Gasteiger partial charge in [-0.3, -0.25) is 4.57 Å². The lowest BCUT2D eigenvalue weighted by atomic mass is 10.1. The van der Waals surface area contributed by atoms with Crippen LogP contribution < -0.4 is 0 Å². The Kier molecular flexibility index (Phi) is 12.2. The molecule has 23 heavy (non-hydrogen) atoms. The molecule has 0 atom stereocenters. The average Bonchev–Trinajstić information content (AvgIpc) is 2.39. The van der Waals surface area contributed by atoms with Gasteiger partial charge in [-0.05, 0) is 40.5 Å². The van der Waals surface area contributed by atoms with Crippen molar-refractivity contribution in [3.05, 3.63) is 0 Å². The summed E-state index contributed by atoms with van der Waals surface area (Å²) in [5.74, 6) is 0. The van der Waals surface area contributed by atoms with Crippen LogP contribution in [0, 0.1) is 0 Å². The summed E-state index contributed by atoms with van der Waals surface area (Å²) in [4.78, 5) is 0. The summed E-state index contributed by atoms with van der Waals surface area (Å²) in [5.41, 5.74) is -3.43. The van der Waals surface area contributed by atoms with E-state index in [1.54, 1.807) is 27.7 Å². The topological polar surface area (TPSA) is 35.5 Å². The zero-order valence-electron chi connectivity index (χ0n) is 14.8. The van der Waals surface area contributed by atoms with Crippen molar-refractivity contribution in [2.45, 2.75) is 96.9 Å². The van der Waals surface area contributed by atoms with Crippen LogP contribution >= 0.6 is 23.5 Å². The molecule has 0 aliphatic heterocycles. The van der Waals surface area contributed by atoms with Crippen molar-refractivity contribution in [1.29, 1.82) is 0 Å². The molecule has 0 rings (SSSR count). The second-order valence-corrected chi connectivity index (χ2v) is 9.25. The Labute approximate surface area is 148 Å². The molecule has 140 valence electrons. The van der Waals surface area contributed by atoms with E-state index in [-0.39, 0.29) is 0 Å². The molecule has 0 aliphatic rings. The first-order valence-electron chi connectivity index (χ1n) is 8.55. The molecule has 0 spiro atoms. The lowest BCUT2D eigenvalue weighted by molar-refractivity contribution is 0.0122. The van der Waals surface area contributed by atoms with Gasteiger partial charge in [-0.1, -0.05) is 48.0 Å². The van der Waals surface area contributed by atoms with Gasteiger partial charge in [0.05, 0.1) is 12.2 Å². The van der Waals surface area contributed by atoms with Gasteiger partial charge in [-0.15, -0.1) is 0 Å². The van der Waals surface area contributed by atoms with Crippen LogP contribution in [0.25, 0.3) is 0 Å². The summed E-state index contributed by atoms with van der Waals surface area (Å²) in [5, 5.41) is 1.01. The third-order valence-electron chi connectivity index (χ3n) is 3.21. The van der Waals surface area contributed by atoms with E-state index in [0.717, 1.165) is 31.0 Å². The van der Waals surface area contributed by atoms with Crippen LogP contribution in [-0.4, -0.2) is 23.2 Å². The van der Waals surface area contributed by atoms with Gasteiger partial charge >= 0.3 is 13.3 Å². The Morgan fingerprint density at radius 1 is 0.870 bits per heavy atom. The Bertz CT molecular complexity index is 338. The number of halogens is 3. The lowest BCUT2D eigenvalue weighted by Gasteiger charge is -2.29. The quantitative estimate of drug-likeness (QED) is 0.170. The van der Waals surface area contributed by atoms with Crippen molar-refractivity contribution < 1.29 is 22.4 Å². The number of hydrogen-bond donors (Lipinski definition) is 0. The molecule has 7 heteroatoms. The fraction of sp³-hybridized carbons (Fsp3) is 1.00. The molecule has 0 unspecified atom stereocenters. The summed E-state index contributed by atoms with van der Waals surface area (Å²) in [6.45, 7) is 6.33. The van der Waals surface area contributed by atoms with Gasteiger partial charge in [0, 0.05) is 11.8 Å². The molecule has 0 saturated heterocycles.